The topological polar surface area (TPSA) is 127 Å². The predicted molar refractivity (Wildman–Crippen MR) is 96.8 cm³/mol. The van der Waals surface area contributed by atoms with Gasteiger partial charge in [-0.15, -0.1) is 11.3 Å². The summed E-state index contributed by atoms with van der Waals surface area (Å²) in [5, 5.41) is 14.1. The number of amides is 2. The van der Waals surface area contributed by atoms with Gasteiger partial charge in [0.1, 0.15) is 16.2 Å². The van der Waals surface area contributed by atoms with Crippen molar-refractivity contribution >= 4 is 50.8 Å². The first-order valence-corrected chi connectivity index (χ1v) is 9.06. The summed E-state index contributed by atoms with van der Waals surface area (Å²) >= 11 is 2.72. The van der Waals surface area contributed by atoms with E-state index in [0.29, 0.717) is 5.03 Å². The molecule has 0 unspecified atom stereocenters. The molecule has 26 heavy (non-hydrogen) atoms. The number of hydrogen-bond acceptors (Lipinski definition) is 8. The molecule has 3 rings (SSSR count). The van der Waals surface area contributed by atoms with Crippen molar-refractivity contribution in [3.05, 3.63) is 57.7 Å². The van der Waals surface area contributed by atoms with Crippen molar-refractivity contribution in [1.29, 1.82) is 0 Å². The van der Waals surface area contributed by atoms with E-state index in [1.165, 1.54) is 53.7 Å². The van der Waals surface area contributed by atoms with Crippen molar-refractivity contribution in [1.82, 2.24) is 20.8 Å². The van der Waals surface area contributed by atoms with Crippen LogP contribution in [0.1, 0.15) is 10.4 Å². The molecule has 2 N–H and O–H groups in total. The van der Waals surface area contributed by atoms with Crippen LogP contribution in [0.15, 0.2) is 47.1 Å². The highest BCUT2D eigenvalue weighted by molar-refractivity contribution is 8.00. The van der Waals surface area contributed by atoms with E-state index in [4.69, 9.17) is 0 Å². The van der Waals surface area contributed by atoms with Crippen molar-refractivity contribution in [3.8, 4) is 0 Å². The van der Waals surface area contributed by atoms with Crippen LogP contribution in [-0.2, 0) is 4.79 Å². The minimum Gasteiger partial charge on any atom is -0.272 e. The van der Waals surface area contributed by atoms with Gasteiger partial charge < -0.3 is 0 Å². The molecule has 0 spiro atoms. The number of carbonyl (C=O) groups is 2. The SMILES string of the molecule is O=C(CSc1ncnc2sccc12)NNC(=O)c1ccc([N+](=O)[O-])cc1. The molecule has 0 aliphatic heterocycles. The fraction of sp³-hybridized carbons (Fsp3) is 0.0667. The number of hydrazine groups is 1. The number of thioether (sulfide) groups is 1. The van der Waals surface area contributed by atoms with E-state index in [-0.39, 0.29) is 17.0 Å². The molecule has 1 aromatic carbocycles. The fourth-order valence-electron chi connectivity index (χ4n) is 1.99. The van der Waals surface area contributed by atoms with Crippen LogP contribution in [0, 0.1) is 10.1 Å². The highest BCUT2D eigenvalue weighted by Gasteiger charge is 2.12. The smallest absolute Gasteiger partial charge is 0.269 e. The van der Waals surface area contributed by atoms with Crippen LogP contribution >= 0.6 is 23.1 Å². The molecule has 0 atom stereocenters. The first-order chi connectivity index (χ1) is 12.5. The van der Waals surface area contributed by atoms with Crippen LogP contribution in [0.25, 0.3) is 10.2 Å². The monoisotopic (exact) mass is 389 g/mol. The number of fused-ring (bicyclic) bond motifs is 1. The summed E-state index contributed by atoms with van der Waals surface area (Å²) in [5.74, 6) is -0.921. The summed E-state index contributed by atoms with van der Waals surface area (Å²) in [4.78, 5) is 43.0. The van der Waals surface area contributed by atoms with Crippen LogP contribution < -0.4 is 10.9 Å². The van der Waals surface area contributed by atoms with Gasteiger partial charge in [-0.05, 0) is 23.6 Å². The predicted octanol–water partition coefficient (Wildman–Crippen LogP) is 2.15. The summed E-state index contributed by atoms with van der Waals surface area (Å²) in [6, 6.07) is 6.93. The molecular formula is C15H11N5O4S2. The lowest BCUT2D eigenvalue weighted by Gasteiger charge is -2.07. The van der Waals surface area contributed by atoms with Crippen molar-refractivity contribution in [3.63, 3.8) is 0 Å². The Balaban J connectivity index is 1.51. The molecular weight excluding hydrogens is 378 g/mol. The molecule has 3 aromatic rings. The van der Waals surface area contributed by atoms with Crippen LogP contribution in [0.4, 0.5) is 5.69 Å². The Labute approximate surface area is 155 Å². The minimum absolute atomic E-state index is 0.0580. The molecule has 2 amide bonds. The van der Waals surface area contributed by atoms with Crippen LogP contribution in [-0.4, -0.2) is 32.5 Å². The molecule has 2 aromatic heterocycles. The molecule has 11 heteroatoms. The second-order valence-corrected chi connectivity index (χ2v) is 6.77. The molecule has 0 bridgehead atoms. The van der Waals surface area contributed by atoms with Gasteiger partial charge in [0.15, 0.2) is 0 Å². The van der Waals surface area contributed by atoms with Gasteiger partial charge in [-0.1, -0.05) is 11.8 Å². The number of nitro groups is 1. The quantitative estimate of drug-likeness (QED) is 0.296. The second-order valence-electron chi connectivity index (χ2n) is 4.91. The number of carbonyl (C=O) groups excluding carboxylic acids is 2. The normalized spacial score (nSPS) is 10.5. The molecule has 0 aliphatic rings. The van der Waals surface area contributed by atoms with Gasteiger partial charge in [0.05, 0.1) is 10.7 Å². The first kappa shape index (κ1) is 17.8. The van der Waals surface area contributed by atoms with Crippen molar-refractivity contribution in [2.45, 2.75) is 5.03 Å². The van der Waals surface area contributed by atoms with Crippen LogP contribution in [0.3, 0.4) is 0 Å². The molecule has 0 saturated carbocycles. The Morgan fingerprint density at radius 1 is 1.15 bits per heavy atom. The van der Waals surface area contributed by atoms with Crippen molar-refractivity contribution < 1.29 is 14.5 Å². The zero-order valence-electron chi connectivity index (χ0n) is 13.0. The number of nitrogens with one attached hydrogen (secondary N) is 2. The minimum atomic E-state index is -0.569. The maximum absolute atomic E-state index is 11.9. The molecule has 0 radical (unpaired) electrons. The standard InChI is InChI=1S/C15H11N5O4S2/c21-12(7-26-15-11-5-6-25-14(11)16-8-17-15)18-19-13(22)9-1-3-10(4-2-9)20(23)24/h1-6,8H,7H2,(H,18,21)(H,19,22). The maximum atomic E-state index is 11.9. The zero-order chi connectivity index (χ0) is 18.5. The average Bonchev–Trinajstić information content (AvgIpc) is 3.13. The summed E-state index contributed by atoms with van der Waals surface area (Å²) in [6.07, 6.45) is 1.44. The Kier molecular flexibility index (Phi) is 5.39. The number of rotatable bonds is 5. The lowest BCUT2D eigenvalue weighted by molar-refractivity contribution is -0.384. The van der Waals surface area contributed by atoms with Crippen molar-refractivity contribution in [2.75, 3.05) is 5.75 Å². The Morgan fingerprint density at radius 3 is 2.65 bits per heavy atom. The highest BCUT2D eigenvalue weighted by Crippen LogP contribution is 2.27. The summed E-state index contributed by atoms with van der Waals surface area (Å²) in [7, 11) is 0. The van der Waals surface area contributed by atoms with E-state index in [1.54, 1.807) is 0 Å². The number of aromatic nitrogens is 2. The molecule has 0 fully saturated rings. The molecule has 132 valence electrons. The third kappa shape index (κ3) is 4.13. The van der Waals surface area contributed by atoms with E-state index >= 15 is 0 Å². The lowest BCUT2D eigenvalue weighted by Crippen LogP contribution is -2.42. The van der Waals surface area contributed by atoms with E-state index in [9.17, 15) is 19.7 Å². The van der Waals surface area contributed by atoms with Crippen molar-refractivity contribution in [2.24, 2.45) is 0 Å². The van der Waals surface area contributed by atoms with Gasteiger partial charge in [0.2, 0.25) is 5.91 Å². The Morgan fingerprint density at radius 2 is 1.92 bits per heavy atom. The Bertz CT molecular complexity index is 974. The lowest BCUT2D eigenvalue weighted by atomic mass is 10.2. The molecule has 0 saturated heterocycles. The second kappa shape index (κ2) is 7.89. The van der Waals surface area contributed by atoms with Crippen LogP contribution in [0.2, 0.25) is 0 Å². The number of nitrogens with zero attached hydrogens (tertiary/aromatic N) is 3. The largest absolute Gasteiger partial charge is 0.272 e. The molecule has 0 aliphatic carbocycles. The van der Waals surface area contributed by atoms with Crippen LogP contribution in [0.5, 0.6) is 0 Å². The van der Waals surface area contributed by atoms with Gasteiger partial charge in [-0.25, -0.2) is 9.97 Å². The highest BCUT2D eigenvalue weighted by atomic mass is 32.2. The van der Waals surface area contributed by atoms with E-state index < -0.39 is 16.7 Å². The fourth-order valence-corrected chi connectivity index (χ4v) is 3.56. The molecule has 2 heterocycles. The summed E-state index contributed by atoms with van der Waals surface area (Å²) < 4.78 is 0. The van der Waals surface area contributed by atoms with E-state index in [1.807, 2.05) is 11.4 Å². The van der Waals surface area contributed by atoms with Gasteiger partial charge >= 0.3 is 0 Å². The average molecular weight is 389 g/mol. The van der Waals surface area contributed by atoms with E-state index in [2.05, 4.69) is 20.8 Å². The number of non-ortho nitro benzene ring substituents is 1. The summed E-state index contributed by atoms with van der Waals surface area (Å²) in [6.45, 7) is 0. The molecule has 9 nitrogen and oxygen atoms in total. The number of hydrogen-bond donors (Lipinski definition) is 2. The van der Waals surface area contributed by atoms with E-state index in [0.717, 1.165) is 10.2 Å². The first-order valence-electron chi connectivity index (χ1n) is 7.19. The van der Waals surface area contributed by atoms with Gasteiger partial charge in [0, 0.05) is 23.1 Å². The number of benzene rings is 1. The number of thiophene rings is 1. The maximum Gasteiger partial charge on any atom is 0.269 e. The van der Waals surface area contributed by atoms with Gasteiger partial charge in [0.25, 0.3) is 11.6 Å². The van der Waals surface area contributed by atoms with Gasteiger partial charge in [-0.2, -0.15) is 0 Å². The zero-order valence-corrected chi connectivity index (χ0v) is 14.7. The third-order valence-electron chi connectivity index (χ3n) is 3.22. The Hall–Kier alpha value is -3.05. The number of nitro benzene ring substituents is 1. The van der Waals surface area contributed by atoms with Gasteiger partial charge in [-0.3, -0.25) is 30.6 Å². The third-order valence-corrected chi connectivity index (χ3v) is 5.05. The summed E-state index contributed by atoms with van der Waals surface area (Å²) in [5.41, 5.74) is 4.63.